The lowest BCUT2D eigenvalue weighted by molar-refractivity contribution is -0.137. The van der Waals surface area contributed by atoms with E-state index < -0.39 is 20.1 Å². The molecule has 0 spiro atoms. The highest BCUT2D eigenvalue weighted by molar-refractivity contribution is 6.69. The minimum atomic E-state index is -4.37. The third kappa shape index (κ3) is 4.29. The summed E-state index contributed by atoms with van der Waals surface area (Å²) in [6.45, 7) is 11.0. The van der Waals surface area contributed by atoms with Crippen molar-refractivity contribution in [3.05, 3.63) is 41.6 Å². The Labute approximate surface area is 177 Å². The average Bonchev–Trinajstić information content (AvgIpc) is 2.70. The molecule has 1 aromatic carbocycles. The van der Waals surface area contributed by atoms with Crippen molar-refractivity contribution in [2.45, 2.75) is 64.1 Å². The molecule has 1 aromatic heterocycles. The van der Waals surface area contributed by atoms with Gasteiger partial charge in [-0.15, -0.1) is 0 Å². The maximum atomic E-state index is 13.2. The zero-order chi connectivity index (χ0) is 21.7. The van der Waals surface area contributed by atoms with Crippen LogP contribution in [0.3, 0.4) is 0 Å². The number of aromatic nitrogens is 1. The summed E-state index contributed by atoms with van der Waals surface area (Å²) in [4.78, 5) is 6.82. The van der Waals surface area contributed by atoms with E-state index in [1.54, 1.807) is 12.3 Å². The van der Waals surface area contributed by atoms with Crippen molar-refractivity contribution >= 4 is 19.2 Å². The van der Waals surface area contributed by atoms with Gasteiger partial charge in [-0.1, -0.05) is 19.4 Å². The van der Waals surface area contributed by atoms with Crippen LogP contribution >= 0.6 is 0 Å². The zero-order valence-electron chi connectivity index (χ0n) is 18.2. The third-order valence-electron chi connectivity index (χ3n) is 6.70. The smallest absolute Gasteiger partial charge is 0.409 e. The lowest BCUT2D eigenvalue weighted by Gasteiger charge is -2.52. The number of rotatable bonds is 5. The summed E-state index contributed by atoms with van der Waals surface area (Å²) < 4.78 is 46.4. The van der Waals surface area contributed by atoms with Crippen LogP contribution in [0.1, 0.15) is 43.4 Å². The van der Waals surface area contributed by atoms with Crippen LogP contribution in [0, 0.1) is 11.8 Å². The molecule has 4 heterocycles. The van der Waals surface area contributed by atoms with E-state index in [4.69, 9.17) is 4.43 Å². The Kier molecular flexibility index (Phi) is 5.74. The van der Waals surface area contributed by atoms with Crippen molar-refractivity contribution < 1.29 is 17.6 Å². The van der Waals surface area contributed by atoms with Crippen molar-refractivity contribution in [3.8, 4) is 0 Å². The van der Waals surface area contributed by atoms with E-state index in [9.17, 15) is 13.2 Å². The van der Waals surface area contributed by atoms with Crippen LogP contribution in [0.2, 0.25) is 19.6 Å². The van der Waals surface area contributed by atoms with Crippen LogP contribution in [-0.2, 0) is 10.6 Å². The van der Waals surface area contributed by atoms with Gasteiger partial charge in [-0.25, -0.2) is 0 Å². The molecule has 5 atom stereocenters. The molecule has 2 aromatic rings. The second-order valence-electron chi connectivity index (χ2n) is 9.80. The van der Waals surface area contributed by atoms with Gasteiger partial charge in [0.1, 0.15) is 0 Å². The monoisotopic (exact) mass is 436 g/mol. The van der Waals surface area contributed by atoms with Gasteiger partial charge in [0.15, 0.2) is 8.32 Å². The summed E-state index contributed by atoms with van der Waals surface area (Å²) in [7, 11) is -1.90. The molecular weight excluding hydrogens is 405 g/mol. The number of fused-ring (bicyclic) bond motifs is 4. The number of hydrogen-bond acceptors (Lipinski definition) is 3. The number of pyridine rings is 1. The molecule has 7 heteroatoms. The first-order valence-electron chi connectivity index (χ1n) is 10.9. The second kappa shape index (κ2) is 7.91. The molecule has 3 saturated heterocycles. The minimum absolute atomic E-state index is 0.139. The van der Waals surface area contributed by atoms with Gasteiger partial charge < -0.3 is 4.43 Å². The Morgan fingerprint density at radius 1 is 1.23 bits per heavy atom. The lowest BCUT2D eigenvalue weighted by Crippen LogP contribution is -2.56. The first kappa shape index (κ1) is 21.8. The van der Waals surface area contributed by atoms with E-state index in [2.05, 4.69) is 36.4 Å². The highest BCUT2D eigenvalue weighted by atomic mass is 28.4. The molecule has 3 aliphatic rings. The fraction of sp³-hybridized carbons (Fsp3) is 0.609. The quantitative estimate of drug-likeness (QED) is 0.517. The fourth-order valence-electron chi connectivity index (χ4n) is 5.28. The first-order valence-corrected chi connectivity index (χ1v) is 14.4. The molecule has 0 aliphatic carbocycles. The molecule has 3 aliphatic heterocycles. The lowest BCUT2D eigenvalue weighted by atomic mass is 9.72. The summed E-state index contributed by atoms with van der Waals surface area (Å²) in [5, 5.41) is 0.767. The third-order valence-corrected chi connectivity index (χ3v) is 7.66. The summed E-state index contributed by atoms with van der Waals surface area (Å²) in [6, 6.07) is 6.11. The van der Waals surface area contributed by atoms with E-state index in [1.165, 1.54) is 18.9 Å². The molecule has 2 bridgehead atoms. The predicted molar refractivity (Wildman–Crippen MR) is 116 cm³/mol. The summed E-state index contributed by atoms with van der Waals surface area (Å²) in [5.74, 6) is 1.45. The maximum absolute atomic E-state index is 13.2. The Balaban J connectivity index is 1.76. The summed E-state index contributed by atoms with van der Waals surface area (Å²) in [6.07, 6.45) is 0.650. The van der Waals surface area contributed by atoms with Gasteiger partial charge in [-0.3, -0.25) is 9.88 Å². The minimum Gasteiger partial charge on any atom is -0.409 e. The molecule has 0 amide bonds. The molecule has 3 nitrogen and oxygen atoms in total. The largest absolute Gasteiger partial charge is 0.416 e. The van der Waals surface area contributed by atoms with E-state index in [0.29, 0.717) is 11.4 Å². The highest BCUT2D eigenvalue weighted by Gasteiger charge is 2.44. The Morgan fingerprint density at radius 2 is 2.00 bits per heavy atom. The van der Waals surface area contributed by atoms with Crippen molar-refractivity contribution in [2.75, 3.05) is 13.1 Å². The topological polar surface area (TPSA) is 25.4 Å². The maximum Gasteiger partial charge on any atom is 0.416 e. The van der Waals surface area contributed by atoms with E-state index in [0.717, 1.165) is 42.4 Å². The van der Waals surface area contributed by atoms with Crippen molar-refractivity contribution in [2.24, 2.45) is 11.8 Å². The first-order chi connectivity index (χ1) is 14.1. The molecule has 30 heavy (non-hydrogen) atoms. The molecule has 3 fully saturated rings. The van der Waals surface area contributed by atoms with Gasteiger partial charge in [0.05, 0.1) is 17.2 Å². The molecular formula is C23H31F3N2OSi. The normalized spacial score (nSPS) is 28.1. The van der Waals surface area contributed by atoms with Crippen LogP contribution in [0.5, 0.6) is 0 Å². The van der Waals surface area contributed by atoms with Crippen LogP contribution in [-0.4, -0.2) is 37.3 Å². The van der Waals surface area contributed by atoms with Gasteiger partial charge in [0.25, 0.3) is 0 Å². The molecule has 0 N–H and O–H groups in total. The number of alkyl halides is 3. The zero-order valence-corrected chi connectivity index (χ0v) is 19.2. The van der Waals surface area contributed by atoms with Crippen molar-refractivity contribution in [1.29, 1.82) is 0 Å². The number of nitrogens with zero attached hydrogens (tertiary/aromatic N) is 2. The molecule has 5 rings (SSSR count). The Bertz CT molecular complexity index is 911. The number of hydrogen-bond donors (Lipinski definition) is 0. The van der Waals surface area contributed by atoms with Crippen molar-refractivity contribution in [3.63, 3.8) is 0 Å². The van der Waals surface area contributed by atoms with Gasteiger partial charge in [0.2, 0.25) is 0 Å². The van der Waals surface area contributed by atoms with Gasteiger partial charge in [-0.05, 0) is 74.6 Å². The molecule has 164 valence electrons. The van der Waals surface area contributed by atoms with E-state index >= 15 is 0 Å². The molecule has 0 saturated carbocycles. The standard InChI is InChI=1S/C23H31F3N2OSi/c1-5-15-14-28-11-9-16(15)12-21(28)22(29-30(2,3)4)19-8-10-27-20-13-17(23(24,25)26)6-7-18(19)20/h6-8,10,13,15-16,21-22H,5,9,11-12,14H2,1-4H3/t15-,16-,21+,22-/m0/s1. The molecule has 1 unspecified atom stereocenters. The number of piperidine rings is 3. The van der Waals surface area contributed by atoms with Crippen LogP contribution in [0.25, 0.3) is 10.9 Å². The Hall–Kier alpha value is -1.44. The number of halogens is 3. The van der Waals surface area contributed by atoms with Gasteiger partial charge in [0, 0.05) is 24.2 Å². The van der Waals surface area contributed by atoms with Crippen LogP contribution in [0.15, 0.2) is 30.5 Å². The van der Waals surface area contributed by atoms with Crippen molar-refractivity contribution in [1.82, 2.24) is 9.88 Å². The van der Waals surface area contributed by atoms with E-state index in [1.807, 2.05) is 6.07 Å². The predicted octanol–water partition coefficient (Wildman–Crippen LogP) is 6.27. The van der Waals surface area contributed by atoms with E-state index in [-0.39, 0.29) is 12.1 Å². The molecule has 0 radical (unpaired) electrons. The number of benzene rings is 1. The summed E-state index contributed by atoms with van der Waals surface area (Å²) >= 11 is 0. The Morgan fingerprint density at radius 3 is 2.60 bits per heavy atom. The van der Waals surface area contributed by atoms with Crippen LogP contribution < -0.4 is 0 Å². The SMILES string of the molecule is CC[C@H]1CN2CC[C@H]1C[C@@H]2[C@@H](O[Si](C)(C)C)c1ccnc2cc(C(F)(F)F)ccc12. The highest BCUT2D eigenvalue weighted by Crippen LogP contribution is 2.45. The summed E-state index contributed by atoms with van der Waals surface area (Å²) in [5.41, 5.74) is 0.698. The fourth-order valence-corrected chi connectivity index (χ4v) is 6.33. The average molecular weight is 437 g/mol. The van der Waals surface area contributed by atoms with Gasteiger partial charge in [-0.2, -0.15) is 13.2 Å². The van der Waals surface area contributed by atoms with Crippen LogP contribution in [0.4, 0.5) is 13.2 Å². The van der Waals surface area contributed by atoms with Gasteiger partial charge >= 0.3 is 6.18 Å². The second-order valence-corrected chi connectivity index (χ2v) is 14.3.